The molecule has 618 valence electrons. The van der Waals surface area contributed by atoms with Crippen molar-refractivity contribution in [2.24, 2.45) is 138 Å². The van der Waals surface area contributed by atoms with Crippen LogP contribution in [0.2, 0.25) is 0 Å². The van der Waals surface area contributed by atoms with E-state index in [-0.39, 0.29) is 210 Å². The summed E-state index contributed by atoms with van der Waals surface area (Å²) in [5.74, 6) is -13.8. The van der Waals surface area contributed by atoms with Crippen molar-refractivity contribution in [3.63, 3.8) is 0 Å². The number of aliphatic carboxylic acids is 1. The van der Waals surface area contributed by atoms with E-state index in [1.807, 2.05) is 0 Å². The summed E-state index contributed by atoms with van der Waals surface area (Å²) in [6.07, 6.45) is -0.766. The number of guanidine groups is 7. The van der Waals surface area contributed by atoms with Crippen LogP contribution in [0.1, 0.15) is 141 Å². The molecule has 0 bridgehead atoms. The number of carbonyl (C=O) groups is 12. The lowest BCUT2D eigenvalue weighted by Gasteiger charge is -2.28. The summed E-state index contributed by atoms with van der Waals surface area (Å²) in [4.78, 5) is 195. The van der Waals surface area contributed by atoms with Gasteiger partial charge in [-0.3, -0.25) is 87.7 Å². The van der Waals surface area contributed by atoms with E-state index >= 15 is 0 Å². The molecule has 0 radical (unpaired) electrons. The largest absolute Gasteiger partial charge is 0.480 e. The lowest BCUT2D eigenvalue weighted by Crippen LogP contribution is -2.60. The number of rotatable bonds is 60. The molecule has 0 aromatic carbocycles. The van der Waals surface area contributed by atoms with E-state index < -0.39 is 151 Å². The lowest BCUT2D eigenvalue weighted by molar-refractivity contribution is -0.142. The van der Waals surface area contributed by atoms with Crippen LogP contribution < -0.4 is 156 Å². The van der Waals surface area contributed by atoms with Crippen LogP contribution >= 0.6 is 0 Å². The van der Waals surface area contributed by atoms with Gasteiger partial charge in [-0.25, -0.2) is 4.79 Å². The zero-order valence-electron chi connectivity index (χ0n) is 61.8. The highest BCUT2D eigenvalue weighted by Crippen LogP contribution is 2.13. The van der Waals surface area contributed by atoms with Crippen LogP contribution in [-0.4, -0.2) is 244 Å². The molecular formula is C61H121N35O13. The monoisotopic (exact) mass is 1550 g/mol. The van der Waals surface area contributed by atoms with Crippen LogP contribution in [0, 0.1) is 0 Å². The standard InChI is InChI=1S/C61H121N35O13/c62-23-3-1-12-34(88-45(99)33(87-44(98)32-64)14-5-25-80-55(66)67)46(100)89-35(13-2-4-24-63)47(101)90-36(15-6-26-81-56(68)69)48(102)91-37(16-7-27-82-57(70)71)49(103)92-39(18-9-29-84-59(74)75)51(105)95-41(21-22-43(65)97)53(107)94-38(17-8-28-83-58(72)73)50(104)93-40(19-10-30-85-60(76)77)52(106)96-42(54(108)109)20-11-31-86-61(78)79/h33-42H,1-32,62-64H2,(H2,65,97)(H,87,98)(H,88,99)(H,89,100)(H,90,101)(H,91,102)(H,92,103)(H,93,104)(H,94,107)(H,95,105)(H,96,106)(H,108,109)(H4,66,67,80)(H4,68,69,81)(H4,70,71,82)(H4,72,73,83)(H4,74,75,84)(H4,76,77,85)(H4,78,79,86)/t33-,34-,35-,36-,37-,38-,39-,40-,41-,42-/m0/s1. The number of unbranched alkanes of at least 4 members (excludes halogenated alkanes) is 2. The zero-order valence-corrected chi connectivity index (χ0v) is 61.8. The molecule has 10 atom stereocenters. The van der Waals surface area contributed by atoms with Gasteiger partial charge in [0.1, 0.15) is 60.4 Å². The van der Waals surface area contributed by atoms with Gasteiger partial charge in [0.15, 0.2) is 41.7 Å². The molecule has 0 fully saturated rings. The number of carboxylic acids is 1. The van der Waals surface area contributed by atoms with Gasteiger partial charge >= 0.3 is 5.97 Å². The summed E-state index contributed by atoms with van der Waals surface area (Å²) in [5, 5.41) is 35.8. The third-order valence-corrected chi connectivity index (χ3v) is 15.7. The molecule has 47 N–H and O–H groups in total. The summed E-state index contributed by atoms with van der Waals surface area (Å²) >= 11 is 0. The van der Waals surface area contributed by atoms with Crippen molar-refractivity contribution < 1.29 is 62.6 Å². The Balaban J connectivity index is 7.83. The van der Waals surface area contributed by atoms with E-state index in [0.29, 0.717) is 19.3 Å². The fraction of sp³-hybridized carbons (Fsp3) is 0.689. The minimum absolute atomic E-state index is 0.00799. The summed E-state index contributed by atoms with van der Waals surface area (Å²) in [7, 11) is 0. The first-order chi connectivity index (χ1) is 51.5. The van der Waals surface area contributed by atoms with Gasteiger partial charge in [-0.1, -0.05) is 0 Å². The number of aliphatic imine (C=N–C) groups is 7. The minimum atomic E-state index is -1.75. The molecule has 109 heavy (non-hydrogen) atoms. The molecular weight excluding hydrogens is 1430 g/mol. The zero-order chi connectivity index (χ0) is 82.4. The Morgan fingerprint density at radius 2 is 0.413 bits per heavy atom. The average molecular weight is 1550 g/mol. The highest BCUT2D eigenvalue weighted by molar-refractivity contribution is 5.99. The molecule has 0 rings (SSSR count). The van der Waals surface area contributed by atoms with Crippen LogP contribution in [0.15, 0.2) is 34.9 Å². The predicted molar refractivity (Wildman–Crippen MR) is 410 cm³/mol. The Labute approximate surface area is 631 Å². The molecule has 0 aliphatic rings. The number of carbonyl (C=O) groups excluding carboxylic acids is 11. The van der Waals surface area contributed by atoms with E-state index in [1.54, 1.807) is 0 Å². The van der Waals surface area contributed by atoms with Crippen LogP contribution in [0.3, 0.4) is 0 Å². The molecule has 0 heterocycles. The van der Waals surface area contributed by atoms with Crippen LogP contribution in [0.4, 0.5) is 0 Å². The molecule has 0 aliphatic heterocycles. The van der Waals surface area contributed by atoms with E-state index in [0.717, 1.165) is 0 Å². The molecule has 0 aromatic heterocycles. The van der Waals surface area contributed by atoms with Crippen molar-refractivity contribution in [1.82, 2.24) is 53.2 Å². The third-order valence-electron chi connectivity index (χ3n) is 15.7. The maximum Gasteiger partial charge on any atom is 0.326 e. The van der Waals surface area contributed by atoms with Crippen LogP contribution in [0.5, 0.6) is 0 Å². The van der Waals surface area contributed by atoms with Gasteiger partial charge in [-0.2, -0.15) is 0 Å². The smallest absolute Gasteiger partial charge is 0.326 e. The minimum Gasteiger partial charge on any atom is -0.480 e. The van der Waals surface area contributed by atoms with E-state index in [1.165, 1.54) is 0 Å². The summed E-state index contributed by atoms with van der Waals surface area (Å²) in [6.45, 7) is -0.391. The Kier molecular flexibility index (Phi) is 50.7. The molecule has 11 amide bonds. The highest BCUT2D eigenvalue weighted by Gasteiger charge is 2.36. The van der Waals surface area contributed by atoms with Crippen molar-refractivity contribution in [3.8, 4) is 0 Å². The van der Waals surface area contributed by atoms with Gasteiger partial charge in [-0.05, 0) is 148 Å². The van der Waals surface area contributed by atoms with Gasteiger partial charge in [0.05, 0.1) is 6.54 Å². The second kappa shape index (κ2) is 56.7. The highest BCUT2D eigenvalue weighted by atomic mass is 16.4. The Bertz CT molecular complexity index is 3090. The molecule has 0 spiro atoms. The third kappa shape index (κ3) is 47.6. The van der Waals surface area contributed by atoms with E-state index in [4.69, 9.17) is 103 Å². The SMILES string of the molecule is NCCCC[C@H](NC(=O)[C@H](CCCN=C(N)N)NC(=O)CN)C(=O)N[C@@H](CCCCN)C(=O)N[C@@H](CCCN=C(N)N)C(=O)N[C@@H](CCCN=C(N)N)C(=O)N[C@@H](CCCN=C(N)N)C(=O)N[C@@H](CCC(N)=O)C(=O)N[C@@H](CCCN=C(N)N)C(=O)N[C@@H](CCCN=C(N)N)C(=O)N[C@@H](CCCN=C(N)N)C(=O)O. The van der Waals surface area contributed by atoms with Crippen LogP contribution in [-0.2, 0) is 57.5 Å². The topological polar surface area (TPSA) is 900 Å². The number of nitrogens with two attached hydrogens (primary N) is 18. The first kappa shape index (κ1) is 97.4. The Morgan fingerprint density at radius 3 is 0.587 bits per heavy atom. The summed E-state index contributed by atoms with van der Waals surface area (Å²) in [5.41, 5.74) is 100. The van der Waals surface area contributed by atoms with Crippen molar-refractivity contribution in [2.75, 3.05) is 65.4 Å². The maximum absolute atomic E-state index is 14.9. The van der Waals surface area contributed by atoms with Gasteiger partial charge in [0, 0.05) is 52.2 Å². The average Bonchev–Trinajstić information content (AvgIpc) is 0.862. The normalized spacial score (nSPS) is 13.5. The summed E-state index contributed by atoms with van der Waals surface area (Å²) < 4.78 is 0. The van der Waals surface area contributed by atoms with E-state index in [2.05, 4.69) is 88.1 Å². The summed E-state index contributed by atoms with van der Waals surface area (Å²) in [6, 6.07) is -15.1. The second-order valence-electron chi connectivity index (χ2n) is 24.9. The predicted octanol–water partition coefficient (Wildman–Crippen LogP) is -13.2. The van der Waals surface area contributed by atoms with Gasteiger partial charge in [0.2, 0.25) is 65.0 Å². The molecule has 0 saturated carbocycles. The van der Waals surface area contributed by atoms with Crippen LogP contribution in [0.25, 0.3) is 0 Å². The number of primary amides is 1. The van der Waals surface area contributed by atoms with Gasteiger partial charge in [-0.15, -0.1) is 0 Å². The molecule has 48 heteroatoms. The number of carboxylic acid groups (broad SMARTS) is 1. The fourth-order valence-electron chi connectivity index (χ4n) is 10.2. The number of hydrogen-bond donors (Lipinski definition) is 29. The number of nitrogens with zero attached hydrogens (tertiary/aromatic N) is 7. The van der Waals surface area contributed by atoms with E-state index in [9.17, 15) is 62.6 Å². The Morgan fingerprint density at radius 1 is 0.239 bits per heavy atom. The van der Waals surface area contributed by atoms with Crippen molar-refractivity contribution in [2.45, 2.75) is 202 Å². The van der Waals surface area contributed by atoms with Gasteiger partial charge < -0.3 is 161 Å². The lowest BCUT2D eigenvalue weighted by atomic mass is 10.0. The number of hydrogen-bond acceptors (Lipinski definition) is 22. The molecule has 0 unspecified atom stereocenters. The number of amides is 11. The maximum atomic E-state index is 14.9. The first-order valence-electron chi connectivity index (χ1n) is 35.6. The Hall–Kier alpha value is -11.6. The second-order valence-corrected chi connectivity index (χ2v) is 24.9. The molecule has 0 aliphatic carbocycles. The fourth-order valence-corrected chi connectivity index (χ4v) is 10.2. The molecule has 0 saturated heterocycles. The van der Waals surface area contributed by atoms with Crippen molar-refractivity contribution >= 4 is 113 Å². The number of nitrogens with one attached hydrogen (secondary N) is 10. The van der Waals surface area contributed by atoms with Crippen molar-refractivity contribution in [1.29, 1.82) is 0 Å². The quantitative estimate of drug-likeness (QED) is 0.0153. The molecule has 0 aromatic rings. The van der Waals surface area contributed by atoms with Crippen molar-refractivity contribution in [3.05, 3.63) is 0 Å². The van der Waals surface area contributed by atoms with Gasteiger partial charge in [0.25, 0.3) is 0 Å². The first-order valence-corrected chi connectivity index (χ1v) is 35.6. The molecule has 48 nitrogen and oxygen atoms in total.